The van der Waals surface area contributed by atoms with Crippen LogP contribution in [0.4, 0.5) is 11.4 Å². The fourth-order valence-corrected chi connectivity index (χ4v) is 2.66. The van der Waals surface area contributed by atoms with E-state index in [2.05, 4.69) is 20.8 Å². The molecular weight excluding hydrogens is 362 g/mol. The van der Waals surface area contributed by atoms with E-state index in [1.54, 1.807) is 24.3 Å². The molecule has 0 spiro atoms. The Morgan fingerprint density at radius 1 is 1.21 bits per heavy atom. The summed E-state index contributed by atoms with van der Waals surface area (Å²) in [6, 6.07) is 10.7. The van der Waals surface area contributed by atoms with Crippen LogP contribution >= 0.6 is 0 Å². The normalized spacial score (nSPS) is 11.8. The second kappa shape index (κ2) is 7.87. The molecule has 0 unspecified atom stereocenters. The molecule has 9 heteroatoms. The van der Waals surface area contributed by atoms with Crippen molar-refractivity contribution in [2.75, 3.05) is 5.32 Å². The first-order valence-electron chi connectivity index (χ1n) is 8.74. The Labute approximate surface area is 160 Å². The number of amides is 2. The van der Waals surface area contributed by atoms with Crippen LogP contribution in [-0.4, -0.2) is 33.0 Å². The standard InChI is InChI=1S/C19H19N5O4/c1-3-11(2)20-18(25)13-6-4-5-7-15(13)21-19(26)17-14-10-12(24(27)28)8-9-16(14)22-23-17/h4-11H,3H2,1-2H3,(H,20,25)(H,21,26)(H,22,23)/t11-/m1/s1. The molecule has 2 amide bonds. The second-order valence-electron chi connectivity index (χ2n) is 6.34. The van der Waals surface area contributed by atoms with E-state index in [0.29, 0.717) is 22.2 Å². The minimum atomic E-state index is -0.574. The van der Waals surface area contributed by atoms with E-state index in [1.807, 2.05) is 13.8 Å². The number of hydrogen-bond acceptors (Lipinski definition) is 5. The van der Waals surface area contributed by atoms with Gasteiger partial charge < -0.3 is 10.6 Å². The molecule has 3 rings (SSSR count). The lowest BCUT2D eigenvalue weighted by Gasteiger charge is -2.14. The van der Waals surface area contributed by atoms with Crippen LogP contribution in [-0.2, 0) is 0 Å². The predicted octanol–water partition coefficient (Wildman–Crippen LogP) is 3.25. The largest absolute Gasteiger partial charge is 0.350 e. The summed E-state index contributed by atoms with van der Waals surface area (Å²) < 4.78 is 0. The molecule has 28 heavy (non-hydrogen) atoms. The molecule has 3 N–H and O–H groups in total. The van der Waals surface area contributed by atoms with Gasteiger partial charge in [-0.3, -0.25) is 24.8 Å². The molecule has 0 aliphatic carbocycles. The van der Waals surface area contributed by atoms with Crippen molar-refractivity contribution in [1.82, 2.24) is 15.5 Å². The third kappa shape index (κ3) is 3.83. The Hall–Kier alpha value is -3.75. The van der Waals surface area contributed by atoms with Crippen LogP contribution in [0.2, 0.25) is 0 Å². The number of non-ortho nitro benzene ring substituents is 1. The number of nitrogens with zero attached hydrogens (tertiary/aromatic N) is 2. The first-order valence-corrected chi connectivity index (χ1v) is 8.74. The van der Waals surface area contributed by atoms with E-state index < -0.39 is 10.8 Å². The second-order valence-corrected chi connectivity index (χ2v) is 6.34. The Morgan fingerprint density at radius 2 is 1.96 bits per heavy atom. The van der Waals surface area contributed by atoms with E-state index in [-0.39, 0.29) is 23.3 Å². The van der Waals surface area contributed by atoms with Crippen molar-refractivity contribution in [2.24, 2.45) is 0 Å². The van der Waals surface area contributed by atoms with Crippen LogP contribution < -0.4 is 10.6 Å². The first-order chi connectivity index (χ1) is 13.4. The fourth-order valence-electron chi connectivity index (χ4n) is 2.66. The fraction of sp³-hybridized carbons (Fsp3) is 0.211. The number of anilines is 1. The number of nitro groups is 1. The maximum atomic E-state index is 12.7. The topological polar surface area (TPSA) is 130 Å². The van der Waals surface area contributed by atoms with Crippen molar-refractivity contribution in [2.45, 2.75) is 26.3 Å². The summed E-state index contributed by atoms with van der Waals surface area (Å²) in [5, 5.41) is 23.5. The van der Waals surface area contributed by atoms with Gasteiger partial charge >= 0.3 is 0 Å². The summed E-state index contributed by atoms with van der Waals surface area (Å²) in [5.41, 5.74) is 1.02. The maximum Gasteiger partial charge on any atom is 0.276 e. The summed E-state index contributed by atoms with van der Waals surface area (Å²) >= 11 is 0. The number of H-pyrrole nitrogens is 1. The minimum absolute atomic E-state index is 0.00732. The van der Waals surface area contributed by atoms with E-state index >= 15 is 0 Å². The highest BCUT2D eigenvalue weighted by molar-refractivity contribution is 6.13. The average molecular weight is 381 g/mol. The van der Waals surface area contributed by atoms with Gasteiger partial charge in [0.2, 0.25) is 0 Å². The lowest BCUT2D eigenvalue weighted by atomic mass is 10.1. The van der Waals surface area contributed by atoms with Gasteiger partial charge in [0.1, 0.15) is 0 Å². The SMILES string of the molecule is CC[C@@H](C)NC(=O)c1ccccc1NC(=O)c1n[nH]c2ccc([N+](=O)[O-])cc12. The highest BCUT2D eigenvalue weighted by Crippen LogP contribution is 2.23. The van der Waals surface area contributed by atoms with Gasteiger partial charge in [-0.1, -0.05) is 19.1 Å². The molecule has 3 aromatic rings. The molecule has 0 aliphatic heterocycles. The Bertz CT molecular complexity index is 1060. The van der Waals surface area contributed by atoms with Crippen LogP contribution in [0.3, 0.4) is 0 Å². The molecule has 0 aliphatic rings. The highest BCUT2D eigenvalue weighted by Gasteiger charge is 2.20. The molecule has 1 aromatic heterocycles. The summed E-state index contributed by atoms with van der Waals surface area (Å²) in [7, 11) is 0. The molecule has 0 saturated carbocycles. The number of benzene rings is 2. The number of aromatic nitrogens is 2. The monoisotopic (exact) mass is 381 g/mol. The number of fused-ring (bicyclic) bond motifs is 1. The van der Waals surface area contributed by atoms with Crippen LogP contribution in [0.25, 0.3) is 10.9 Å². The lowest BCUT2D eigenvalue weighted by molar-refractivity contribution is -0.384. The Morgan fingerprint density at radius 3 is 2.68 bits per heavy atom. The Balaban J connectivity index is 1.90. The van der Waals surface area contributed by atoms with Gasteiger partial charge in [0.05, 0.1) is 21.7 Å². The van der Waals surface area contributed by atoms with Gasteiger partial charge in [0.15, 0.2) is 5.69 Å². The number of hydrogen-bond donors (Lipinski definition) is 3. The third-order valence-corrected chi connectivity index (χ3v) is 4.38. The van der Waals surface area contributed by atoms with Crippen molar-refractivity contribution in [1.29, 1.82) is 0 Å². The van der Waals surface area contributed by atoms with Gasteiger partial charge in [-0.05, 0) is 31.5 Å². The van der Waals surface area contributed by atoms with Crippen molar-refractivity contribution in [3.05, 3.63) is 63.8 Å². The van der Waals surface area contributed by atoms with Crippen molar-refractivity contribution >= 4 is 34.1 Å². The van der Waals surface area contributed by atoms with Crippen LogP contribution in [0.5, 0.6) is 0 Å². The summed E-state index contributed by atoms with van der Waals surface area (Å²) in [4.78, 5) is 35.7. The minimum Gasteiger partial charge on any atom is -0.350 e. The van der Waals surface area contributed by atoms with Gasteiger partial charge in [-0.2, -0.15) is 5.10 Å². The molecular formula is C19H19N5O4. The number of carbonyl (C=O) groups excluding carboxylic acids is 2. The average Bonchev–Trinajstić information content (AvgIpc) is 3.11. The first kappa shape index (κ1) is 19.0. The van der Waals surface area contributed by atoms with E-state index in [1.165, 1.54) is 18.2 Å². The molecule has 1 atom stereocenters. The predicted molar refractivity (Wildman–Crippen MR) is 104 cm³/mol. The molecule has 0 radical (unpaired) electrons. The molecule has 9 nitrogen and oxygen atoms in total. The van der Waals surface area contributed by atoms with Crippen LogP contribution in [0.15, 0.2) is 42.5 Å². The summed E-state index contributed by atoms with van der Waals surface area (Å²) in [6.07, 6.45) is 0.776. The van der Waals surface area contributed by atoms with E-state index in [4.69, 9.17) is 0 Å². The van der Waals surface area contributed by atoms with Gasteiger partial charge in [0.25, 0.3) is 17.5 Å². The van der Waals surface area contributed by atoms with Crippen molar-refractivity contribution < 1.29 is 14.5 Å². The van der Waals surface area contributed by atoms with E-state index in [0.717, 1.165) is 6.42 Å². The summed E-state index contributed by atoms with van der Waals surface area (Å²) in [5.74, 6) is -0.872. The molecule has 2 aromatic carbocycles. The van der Waals surface area contributed by atoms with Gasteiger partial charge in [-0.25, -0.2) is 0 Å². The van der Waals surface area contributed by atoms with Crippen LogP contribution in [0, 0.1) is 10.1 Å². The number of nitrogens with one attached hydrogen (secondary N) is 3. The number of para-hydroxylation sites is 1. The van der Waals surface area contributed by atoms with Crippen molar-refractivity contribution in [3.63, 3.8) is 0 Å². The molecule has 0 bridgehead atoms. The zero-order valence-electron chi connectivity index (χ0n) is 15.4. The molecule has 144 valence electrons. The van der Waals surface area contributed by atoms with E-state index in [9.17, 15) is 19.7 Å². The number of nitro benzene ring substituents is 1. The smallest absolute Gasteiger partial charge is 0.276 e. The van der Waals surface area contributed by atoms with Crippen LogP contribution in [0.1, 0.15) is 41.1 Å². The zero-order chi connectivity index (χ0) is 20.3. The molecule has 0 saturated heterocycles. The third-order valence-electron chi connectivity index (χ3n) is 4.38. The Kier molecular flexibility index (Phi) is 5.35. The van der Waals surface area contributed by atoms with Gasteiger partial charge in [-0.15, -0.1) is 0 Å². The van der Waals surface area contributed by atoms with Crippen molar-refractivity contribution in [3.8, 4) is 0 Å². The molecule has 1 heterocycles. The summed E-state index contributed by atoms with van der Waals surface area (Å²) in [6.45, 7) is 3.85. The highest BCUT2D eigenvalue weighted by atomic mass is 16.6. The number of carbonyl (C=O) groups is 2. The van der Waals surface area contributed by atoms with Gasteiger partial charge in [0, 0.05) is 23.6 Å². The zero-order valence-corrected chi connectivity index (χ0v) is 15.4. The maximum absolute atomic E-state index is 12.7. The lowest BCUT2D eigenvalue weighted by Crippen LogP contribution is -2.32. The number of aromatic amines is 1. The molecule has 0 fully saturated rings. The number of rotatable bonds is 6. The quantitative estimate of drug-likeness (QED) is 0.446.